The molecule has 206 valence electrons. The van der Waals surface area contributed by atoms with Gasteiger partial charge in [-0.15, -0.1) is 0 Å². The van der Waals surface area contributed by atoms with Gasteiger partial charge in [-0.1, -0.05) is 64.2 Å². The van der Waals surface area contributed by atoms with E-state index in [1.165, 1.54) is 11.2 Å². The molecule has 0 spiro atoms. The van der Waals surface area contributed by atoms with E-state index in [2.05, 4.69) is 55.9 Å². The maximum atomic E-state index is 14.1. The van der Waals surface area contributed by atoms with Crippen LogP contribution in [0.4, 0.5) is 13.2 Å². The largest absolute Gasteiger partial charge is 0.439 e. The molecule has 3 nitrogen and oxygen atoms in total. The standard InChI is InChI=1S/C34H28F3N2OP/c1-21-8-11-29-28(15-21)27-10-9-22(18-30(27)41(29)32-7-5-6-13-39-32)23-16-25(34(35,36)37)19-26(17-23)40-31-20-24(12-14-38-31)33(2,3)4/h5-20H,1-4H3. The number of alkyl halides is 3. The summed E-state index contributed by atoms with van der Waals surface area (Å²) in [5.41, 5.74) is 3.26. The van der Waals surface area contributed by atoms with Crippen LogP contribution in [0.2, 0.25) is 0 Å². The number of halogens is 3. The highest BCUT2D eigenvalue weighted by Gasteiger charge is 2.32. The Labute approximate surface area is 237 Å². The number of nitrogens with zero attached hydrogens (tertiary/aromatic N) is 2. The van der Waals surface area contributed by atoms with Crippen LogP contribution in [0.25, 0.3) is 37.6 Å². The van der Waals surface area contributed by atoms with E-state index < -0.39 is 19.3 Å². The fourth-order valence-electron chi connectivity index (χ4n) is 5.09. The molecule has 0 amide bonds. The van der Waals surface area contributed by atoms with Crippen LogP contribution in [0.3, 0.4) is 0 Å². The van der Waals surface area contributed by atoms with Gasteiger partial charge in [0, 0.05) is 28.7 Å². The van der Waals surface area contributed by atoms with Gasteiger partial charge >= 0.3 is 6.18 Å². The summed E-state index contributed by atoms with van der Waals surface area (Å²) in [6.07, 6.45) is -1.14. The number of hydrogen-bond acceptors (Lipinski definition) is 3. The van der Waals surface area contributed by atoms with Crippen molar-refractivity contribution in [2.45, 2.75) is 39.3 Å². The van der Waals surface area contributed by atoms with Crippen LogP contribution in [0.15, 0.2) is 97.3 Å². The van der Waals surface area contributed by atoms with Crippen molar-refractivity contribution < 1.29 is 17.9 Å². The SMILES string of the molecule is Cc1ccc2c(c1)c1ccc(-c3cc(Oc4cc(C(C)(C)C)ccn4)cc(C(F)(F)F)c3)cc1p2-c1ccccn1. The Balaban J connectivity index is 1.52. The maximum Gasteiger partial charge on any atom is 0.416 e. The lowest BCUT2D eigenvalue weighted by Crippen LogP contribution is -2.11. The Kier molecular flexibility index (Phi) is 6.62. The smallest absolute Gasteiger partial charge is 0.416 e. The molecule has 0 N–H and O–H groups in total. The first kappa shape index (κ1) is 27.0. The van der Waals surface area contributed by atoms with E-state index in [0.717, 1.165) is 38.5 Å². The third-order valence-corrected chi connectivity index (χ3v) is 9.64. The first-order valence-corrected chi connectivity index (χ1v) is 14.6. The second kappa shape index (κ2) is 10.0. The highest BCUT2D eigenvalue weighted by atomic mass is 31.1. The van der Waals surface area contributed by atoms with Gasteiger partial charge in [0.2, 0.25) is 5.88 Å². The molecule has 0 aliphatic carbocycles. The lowest BCUT2D eigenvalue weighted by atomic mass is 9.88. The molecule has 1 unspecified atom stereocenters. The van der Waals surface area contributed by atoms with E-state index in [4.69, 9.17) is 4.74 Å². The number of aryl methyl sites for hydroxylation is 1. The van der Waals surface area contributed by atoms with Gasteiger partial charge in [0.05, 0.1) is 11.0 Å². The van der Waals surface area contributed by atoms with Crippen molar-refractivity contribution in [1.29, 1.82) is 0 Å². The third kappa shape index (κ3) is 5.32. The van der Waals surface area contributed by atoms with E-state index in [1.54, 1.807) is 24.5 Å². The summed E-state index contributed by atoms with van der Waals surface area (Å²) in [6, 6.07) is 25.7. The Hall–Kier alpha value is -4.15. The molecule has 6 rings (SSSR count). The van der Waals surface area contributed by atoms with Crippen LogP contribution in [-0.4, -0.2) is 9.97 Å². The van der Waals surface area contributed by atoms with Gasteiger partial charge in [-0.05, 0) is 88.3 Å². The van der Waals surface area contributed by atoms with Crippen LogP contribution >= 0.6 is 7.53 Å². The summed E-state index contributed by atoms with van der Waals surface area (Å²) in [7, 11) is -0.958. The molecule has 1 atom stereocenters. The molecule has 0 bridgehead atoms. The summed E-state index contributed by atoms with van der Waals surface area (Å²) in [5.74, 6) is 0.334. The van der Waals surface area contributed by atoms with Crippen molar-refractivity contribution in [3.05, 3.63) is 114 Å². The first-order chi connectivity index (χ1) is 19.5. The van der Waals surface area contributed by atoms with Crippen molar-refractivity contribution in [2.75, 3.05) is 0 Å². The summed E-state index contributed by atoms with van der Waals surface area (Å²) in [6.45, 7) is 8.23. The zero-order chi connectivity index (χ0) is 28.9. The average molecular weight is 569 g/mol. The third-order valence-electron chi connectivity index (χ3n) is 7.19. The van der Waals surface area contributed by atoms with E-state index in [0.29, 0.717) is 11.1 Å². The molecule has 41 heavy (non-hydrogen) atoms. The number of aromatic nitrogens is 2. The highest BCUT2D eigenvalue weighted by molar-refractivity contribution is 7.67. The Morgan fingerprint density at radius 3 is 2.24 bits per heavy atom. The van der Waals surface area contributed by atoms with Crippen LogP contribution < -0.4 is 4.74 Å². The number of pyridine rings is 2. The molecule has 3 aromatic carbocycles. The monoisotopic (exact) mass is 568 g/mol. The van der Waals surface area contributed by atoms with Gasteiger partial charge in [0.25, 0.3) is 0 Å². The normalized spacial score (nSPS) is 12.7. The second-order valence-corrected chi connectivity index (χ2v) is 13.3. The van der Waals surface area contributed by atoms with Gasteiger partial charge in [-0.25, -0.2) is 4.98 Å². The second-order valence-electron chi connectivity index (χ2n) is 11.3. The van der Waals surface area contributed by atoms with E-state index in [9.17, 15) is 13.2 Å². The minimum absolute atomic E-state index is 0.0831. The lowest BCUT2D eigenvalue weighted by molar-refractivity contribution is -0.137. The topological polar surface area (TPSA) is 35.0 Å². The fraction of sp³-hybridized carbons (Fsp3) is 0.176. The molecular formula is C34H28F3N2OP. The lowest BCUT2D eigenvalue weighted by Gasteiger charge is -2.19. The van der Waals surface area contributed by atoms with Crippen molar-refractivity contribution in [1.82, 2.24) is 9.97 Å². The van der Waals surface area contributed by atoms with Crippen molar-refractivity contribution in [3.63, 3.8) is 0 Å². The number of rotatable bonds is 4. The number of benzene rings is 3. The summed E-state index contributed by atoms with van der Waals surface area (Å²) >= 11 is 0. The minimum Gasteiger partial charge on any atom is -0.439 e. The number of fused-ring (bicyclic) bond motifs is 3. The van der Waals surface area contributed by atoms with Gasteiger partial charge in [0.1, 0.15) is 5.75 Å². The highest BCUT2D eigenvalue weighted by Crippen LogP contribution is 2.55. The summed E-state index contributed by atoms with van der Waals surface area (Å²) in [4.78, 5) is 8.92. The van der Waals surface area contributed by atoms with Crippen LogP contribution in [-0.2, 0) is 11.6 Å². The van der Waals surface area contributed by atoms with Crippen molar-refractivity contribution in [2.24, 2.45) is 0 Å². The molecule has 0 saturated carbocycles. The number of hydrogen-bond donors (Lipinski definition) is 0. The maximum absolute atomic E-state index is 14.1. The molecular weight excluding hydrogens is 540 g/mol. The molecule has 0 aliphatic heterocycles. The first-order valence-electron chi connectivity index (χ1n) is 13.3. The Morgan fingerprint density at radius 1 is 0.683 bits per heavy atom. The van der Waals surface area contributed by atoms with Gasteiger partial charge in [-0.3, -0.25) is 4.98 Å². The quantitative estimate of drug-likeness (QED) is 0.212. The Bertz CT molecular complexity index is 1900. The molecule has 0 aliphatic rings. The fourth-order valence-corrected chi connectivity index (χ4v) is 7.61. The zero-order valence-corrected chi connectivity index (χ0v) is 24.0. The average Bonchev–Trinajstić information content (AvgIpc) is 3.25. The van der Waals surface area contributed by atoms with Crippen molar-refractivity contribution >= 4 is 28.5 Å². The van der Waals surface area contributed by atoms with E-state index in [-0.39, 0.29) is 17.0 Å². The summed E-state index contributed by atoms with van der Waals surface area (Å²) in [5, 5.41) is 4.53. The Morgan fingerprint density at radius 2 is 1.51 bits per heavy atom. The molecule has 7 heteroatoms. The van der Waals surface area contributed by atoms with Crippen LogP contribution in [0, 0.1) is 6.92 Å². The van der Waals surface area contributed by atoms with E-state index >= 15 is 0 Å². The van der Waals surface area contributed by atoms with Gasteiger partial charge in [-0.2, -0.15) is 13.2 Å². The van der Waals surface area contributed by atoms with Crippen LogP contribution in [0.5, 0.6) is 11.6 Å². The predicted octanol–water partition coefficient (Wildman–Crippen LogP) is 10.8. The minimum atomic E-state index is -4.54. The van der Waals surface area contributed by atoms with E-state index in [1.807, 2.05) is 42.5 Å². The van der Waals surface area contributed by atoms with Crippen LogP contribution in [0.1, 0.15) is 37.5 Å². The molecule has 3 aromatic heterocycles. The summed E-state index contributed by atoms with van der Waals surface area (Å²) < 4.78 is 48.1. The van der Waals surface area contributed by atoms with Gasteiger partial charge in [0.15, 0.2) is 0 Å². The molecule has 3 heterocycles. The number of ether oxygens (including phenoxy) is 1. The molecule has 0 radical (unpaired) electrons. The zero-order valence-electron chi connectivity index (χ0n) is 23.1. The predicted molar refractivity (Wildman–Crippen MR) is 161 cm³/mol. The molecule has 6 aromatic rings. The molecule has 0 saturated heterocycles. The van der Waals surface area contributed by atoms with Crippen molar-refractivity contribution in [3.8, 4) is 28.2 Å². The van der Waals surface area contributed by atoms with Gasteiger partial charge < -0.3 is 4.74 Å². The molecule has 0 fully saturated rings.